The molecule has 0 fully saturated rings. The van der Waals surface area contributed by atoms with Crippen molar-refractivity contribution in [1.82, 2.24) is 10.2 Å². The van der Waals surface area contributed by atoms with E-state index >= 15 is 0 Å². The highest BCUT2D eigenvalue weighted by atomic mass is 32.2. The summed E-state index contributed by atoms with van der Waals surface area (Å²) in [5.41, 5.74) is 3.92. The van der Waals surface area contributed by atoms with E-state index in [9.17, 15) is 4.79 Å². The van der Waals surface area contributed by atoms with E-state index in [0.717, 1.165) is 33.2 Å². The Labute approximate surface area is 173 Å². The Kier molecular flexibility index (Phi) is 5.36. The minimum Gasteiger partial charge on any atom is -0.411 e. The predicted molar refractivity (Wildman–Crippen MR) is 117 cm³/mol. The third-order valence-electron chi connectivity index (χ3n) is 4.54. The summed E-state index contributed by atoms with van der Waals surface area (Å²) in [4.78, 5) is 12.6. The molecule has 0 radical (unpaired) electrons. The van der Waals surface area contributed by atoms with E-state index in [0.29, 0.717) is 11.1 Å². The summed E-state index contributed by atoms with van der Waals surface area (Å²) in [6, 6.07) is 20.0. The van der Waals surface area contributed by atoms with Gasteiger partial charge in [-0.05, 0) is 55.8 Å². The van der Waals surface area contributed by atoms with Crippen LogP contribution < -0.4 is 5.32 Å². The second kappa shape index (κ2) is 8.09. The number of carbonyl (C=O) groups is 1. The van der Waals surface area contributed by atoms with Gasteiger partial charge in [0.15, 0.2) is 0 Å². The Morgan fingerprint density at radius 2 is 1.69 bits per heavy atom. The first-order chi connectivity index (χ1) is 14.0. The maximum atomic E-state index is 12.6. The number of carbonyl (C=O) groups excluding carboxylic acids is 1. The van der Waals surface area contributed by atoms with Crippen molar-refractivity contribution in [2.45, 2.75) is 31.2 Å². The lowest BCUT2D eigenvalue weighted by Gasteiger charge is -2.10. The van der Waals surface area contributed by atoms with E-state index in [4.69, 9.17) is 4.42 Å². The molecule has 0 saturated heterocycles. The van der Waals surface area contributed by atoms with Crippen molar-refractivity contribution < 1.29 is 9.21 Å². The van der Waals surface area contributed by atoms with Crippen LogP contribution in [0, 0.1) is 13.8 Å². The zero-order chi connectivity index (χ0) is 20.4. The number of benzene rings is 3. The topological polar surface area (TPSA) is 68.0 Å². The van der Waals surface area contributed by atoms with E-state index in [1.165, 1.54) is 11.8 Å². The number of thioether (sulfide) groups is 1. The molecule has 1 amide bonds. The van der Waals surface area contributed by atoms with Crippen molar-refractivity contribution in [2.75, 3.05) is 5.32 Å². The smallest absolute Gasteiger partial charge is 0.277 e. The molecule has 146 valence electrons. The first kappa shape index (κ1) is 19.2. The van der Waals surface area contributed by atoms with Crippen molar-refractivity contribution >= 4 is 34.1 Å². The van der Waals surface area contributed by atoms with Crippen LogP contribution in [0.4, 0.5) is 5.69 Å². The normalized spacial score (nSPS) is 12.1. The molecule has 1 heterocycles. The fraction of sp³-hybridized carbons (Fsp3) is 0.174. The molecule has 6 heteroatoms. The molecule has 1 N–H and O–H groups in total. The van der Waals surface area contributed by atoms with Crippen LogP contribution in [0.2, 0.25) is 0 Å². The van der Waals surface area contributed by atoms with Crippen LogP contribution in [0.15, 0.2) is 70.3 Å². The maximum absolute atomic E-state index is 12.6. The standard InChI is InChI=1S/C23H21N3O2S/c1-14-10-15(2)12-19(11-14)22-25-26-23(28-22)29-16(3)21(27)24-20-9-8-17-6-4-5-7-18(17)13-20/h4-13,16H,1-3H3,(H,24,27)/t16-/m0/s1. The van der Waals surface area contributed by atoms with Gasteiger partial charge in [0, 0.05) is 11.3 Å². The highest BCUT2D eigenvalue weighted by molar-refractivity contribution is 8.00. The second-order valence-electron chi connectivity index (χ2n) is 7.06. The number of rotatable bonds is 5. The number of hydrogen-bond acceptors (Lipinski definition) is 5. The first-order valence-electron chi connectivity index (χ1n) is 9.36. The largest absolute Gasteiger partial charge is 0.411 e. The van der Waals surface area contributed by atoms with Gasteiger partial charge in [0.25, 0.3) is 5.22 Å². The Bertz CT molecular complexity index is 1170. The molecule has 29 heavy (non-hydrogen) atoms. The molecular formula is C23H21N3O2S. The van der Waals surface area contributed by atoms with Crippen LogP contribution in [-0.2, 0) is 4.79 Å². The van der Waals surface area contributed by atoms with Gasteiger partial charge >= 0.3 is 0 Å². The summed E-state index contributed by atoms with van der Waals surface area (Å²) in [6.07, 6.45) is 0. The average Bonchev–Trinajstić information content (AvgIpc) is 3.15. The van der Waals surface area contributed by atoms with Crippen LogP contribution in [0.5, 0.6) is 0 Å². The number of aromatic nitrogens is 2. The molecule has 0 saturated carbocycles. The average molecular weight is 404 g/mol. The second-order valence-corrected chi connectivity index (χ2v) is 8.35. The SMILES string of the molecule is Cc1cc(C)cc(-c2nnc(S[C@@H](C)C(=O)Nc3ccc4ccccc4c3)o2)c1. The molecule has 4 aromatic rings. The van der Waals surface area contributed by atoms with Crippen LogP contribution >= 0.6 is 11.8 Å². The Hall–Kier alpha value is -3.12. The van der Waals surface area contributed by atoms with Gasteiger partial charge in [0.05, 0.1) is 5.25 Å². The quantitative estimate of drug-likeness (QED) is 0.438. The lowest BCUT2D eigenvalue weighted by Crippen LogP contribution is -2.22. The van der Waals surface area contributed by atoms with Crippen molar-refractivity contribution in [1.29, 1.82) is 0 Å². The molecule has 3 aromatic carbocycles. The summed E-state index contributed by atoms with van der Waals surface area (Å²) >= 11 is 1.25. The van der Waals surface area contributed by atoms with Gasteiger partial charge in [-0.15, -0.1) is 10.2 Å². The van der Waals surface area contributed by atoms with E-state index in [-0.39, 0.29) is 11.2 Å². The molecule has 0 aliphatic carbocycles. The van der Waals surface area contributed by atoms with Gasteiger partial charge in [-0.3, -0.25) is 4.79 Å². The molecule has 0 aliphatic rings. The number of anilines is 1. The Balaban J connectivity index is 1.44. The fourth-order valence-electron chi connectivity index (χ4n) is 3.19. The molecule has 0 unspecified atom stereocenters. The van der Waals surface area contributed by atoms with Gasteiger partial charge in [-0.25, -0.2) is 0 Å². The van der Waals surface area contributed by atoms with Crippen molar-refractivity contribution in [3.8, 4) is 11.5 Å². The molecule has 0 aliphatic heterocycles. The van der Waals surface area contributed by atoms with E-state index in [2.05, 4.69) is 21.6 Å². The van der Waals surface area contributed by atoms with Crippen LogP contribution in [0.3, 0.4) is 0 Å². The molecule has 0 spiro atoms. The molecular weight excluding hydrogens is 382 g/mol. The first-order valence-corrected chi connectivity index (χ1v) is 10.2. The summed E-state index contributed by atoms with van der Waals surface area (Å²) in [5.74, 6) is 0.345. The van der Waals surface area contributed by atoms with Crippen LogP contribution in [-0.4, -0.2) is 21.4 Å². The monoisotopic (exact) mass is 403 g/mol. The van der Waals surface area contributed by atoms with Gasteiger partial charge in [0.1, 0.15) is 0 Å². The highest BCUT2D eigenvalue weighted by Gasteiger charge is 2.19. The maximum Gasteiger partial charge on any atom is 0.277 e. The zero-order valence-corrected chi connectivity index (χ0v) is 17.3. The van der Waals surface area contributed by atoms with Crippen LogP contribution in [0.1, 0.15) is 18.1 Å². The summed E-state index contributed by atoms with van der Waals surface area (Å²) in [6.45, 7) is 5.88. The van der Waals surface area contributed by atoms with Crippen molar-refractivity contribution in [2.24, 2.45) is 0 Å². The lowest BCUT2D eigenvalue weighted by atomic mass is 10.1. The minimum atomic E-state index is -0.381. The molecule has 0 bridgehead atoms. The number of aryl methyl sites for hydroxylation is 2. The fourth-order valence-corrected chi connectivity index (χ4v) is 3.87. The summed E-state index contributed by atoms with van der Waals surface area (Å²) in [7, 11) is 0. The predicted octanol–water partition coefficient (Wildman–Crippen LogP) is 5.63. The van der Waals surface area contributed by atoms with Gasteiger partial charge < -0.3 is 9.73 Å². The summed E-state index contributed by atoms with van der Waals surface area (Å²) in [5, 5.41) is 13.4. The molecule has 1 aromatic heterocycles. The third-order valence-corrected chi connectivity index (χ3v) is 5.47. The number of hydrogen-bond donors (Lipinski definition) is 1. The minimum absolute atomic E-state index is 0.114. The van der Waals surface area contributed by atoms with Crippen molar-refractivity contribution in [3.63, 3.8) is 0 Å². The van der Waals surface area contributed by atoms with Crippen LogP contribution in [0.25, 0.3) is 22.2 Å². The number of fused-ring (bicyclic) bond motifs is 1. The van der Waals surface area contributed by atoms with Gasteiger partial charge in [-0.1, -0.05) is 59.3 Å². The Morgan fingerprint density at radius 1 is 0.966 bits per heavy atom. The number of amides is 1. The van der Waals surface area contributed by atoms with E-state index < -0.39 is 0 Å². The van der Waals surface area contributed by atoms with Crippen molar-refractivity contribution in [3.05, 3.63) is 71.8 Å². The molecule has 1 atom stereocenters. The lowest BCUT2D eigenvalue weighted by molar-refractivity contribution is -0.115. The Morgan fingerprint density at radius 3 is 2.45 bits per heavy atom. The van der Waals surface area contributed by atoms with Gasteiger partial charge in [0.2, 0.25) is 11.8 Å². The third kappa shape index (κ3) is 4.49. The number of nitrogens with one attached hydrogen (secondary N) is 1. The van der Waals surface area contributed by atoms with E-state index in [1.807, 2.05) is 75.4 Å². The highest BCUT2D eigenvalue weighted by Crippen LogP contribution is 2.28. The summed E-state index contributed by atoms with van der Waals surface area (Å²) < 4.78 is 5.77. The van der Waals surface area contributed by atoms with E-state index in [1.54, 1.807) is 0 Å². The number of nitrogens with zero attached hydrogens (tertiary/aromatic N) is 2. The molecule has 4 rings (SSSR count). The molecule has 5 nitrogen and oxygen atoms in total. The zero-order valence-electron chi connectivity index (χ0n) is 16.5. The van der Waals surface area contributed by atoms with Gasteiger partial charge in [-0.2, -0.15) is 0 Å².